The molecule has 1 heterocycles. The van der Waals surface area contributed by atoms with Crippen molar-refractivity contribution in [3.05, 3.63) is 30.1 Å². The van der Waals surface area contributed by atoms with Crippen molar-refractivity contribution in [2.75, 3.05) is 7.11 Å². The number of carbonyl (C=O) groups is 1. The largest absolute Gasteiger partial charge is 0.452 e. The quantitative estimate of drug-likeness (QED) is 0.647. The van der Waals surface area contributed by atoms with Crippen molar-refractivity contribution >= 4 is 22.8 Å². The summed E-state index contributed by atoms with van der Waals surface area (Å²) in [6.07, 6.45) is -0.604. The van der Waals surface area contributed by atoms with Crippen LogP contribution in [0.5, 0.6) is 0 Å². The number of imidazole rings is 1. The SMILES string of the molecule is COC(=O)N/N=C(\C)c1nc2ccccc2n1C. The molecule has 6 nitrogen and oxygen atoms in total. The first-order valence-electron chi connectivity index (χ1n) is 5.43. The van der Waals surface area contributed by atoms with Gasteiger partial charge in [-0.1, -0.05) is 12.1 Å². The van der Waals surface area contributed by atoms with Crippen LogP contribution in [0.3, 0.4) is 0 Å². The zero-order valence-electron chi connectivity index (χ0n) is 10.5. The second kappa shape index (κ2) is 4.87. The highest BCUT2D eigenvalue weighted by molar-refractivity contribution is 5.98. The molecule has 0 unspecified atom stereocenters. The van der Waals surface area contributed by atoms with E-state index in [0.29, 0.717) is 11.5 Å². The Morgan fingerprint density at radius 2 is 2.17 bits per heavy atom. The van der Waals surface area contributed by atoms with E-state index in [-0.39, 0.29) is 0 Å². The van der Waals surface area contributed by atoms with Crippen LogP contribution in [0, 0.1) is 0 Å². The maximum Gasteiger partial charge on any atom is 0.427 e. The lowest BCUT2D eigenvalue weighted by Gasteiger charge is -2.02. The minimum absolute atomic E-state index is 0.604. The van der Waals surface area contributed by atoms with Gasteiger partial charge in [-0.25, -0.2) is 15.2 Å². The number of methoxy groups -OCH3 is 1. The summed E-state index contributed by atoms with van der Waals surface area (Å²) < 4.78 is 6.37. The molecule has 0 fully saturated rings. The van der Waals surface area contributed by atoms with Crippen LogP contribution < -0.4 is 5.43 Å². The molecule has 0 atom stereocenters. The molecule has 0 saturated heterocycles. The summed E-state index contributed by atoms with van der Waals surface area (Å²) in [6, 6.07) is 7.79. The number of nitrogens with one attached hydrogen (secondary N) is 1. The van der Waals surface area contributed by atoms with E-state index in [1.165, 1.54) is 7.11 Å². The summed E-state index contributed by atoms with van der Waals surface area (Å²) in [4.78, 5) is 15.4. The molecule has 2 aromatic rings. The van der Waals surface area contributed by atoms with E-state index in [9.17, 15) is 4.79 Å². The fourth-order valence-corrected chi connectivity index (χ4v) is 1.69. The number of hydrogen-bond acceptors (Lipinski definition) is 4. The molecule has 0 aliphatic heterocycles. The number of amides is 1. The summed E-state index contributed by atoms with van der Waals surface area (Å²) in [5.41, 5.74) is 4.79. The predicted molar refractivity (Wildman–Crippen MR) is 68.5 cm³/mol. The molecule has 1 N–H and O–H groups in total. The van der Waals surface area contributed by atoms with Crippen LogP contribution in [0.2, 0.25) is 0 Å². The number of ether oxygens (including phenoxy) is 1. The number of para-hydroxylation sites is 2. The van der Waals surface area contributed by atoms with Gasteiger partial charge in [0.25, 0.3) is 0 Å². The third-order valence-electron chi connectivity index (χ3n) is 2.61. The predicted octanol–water partition coefficient (Wildman–Crippen LogP) is 1.65. The van der Waals surface area contributed by atoms with Gasteiger partial charge in [0, 0.05) is 7.05 Å². The first kappa shape index (κ1) is 12.1. The Labute approximate surface area is 104 Å². The molecule has 0 spiro atoms. The monoisotopic (exact) mass is 246 g/mol. The first-order valence-corrected chi connectivity index (χ1v) is 5.43. The van der Waals surface area contributed by atoms with Gasteiger partial charge in [-0.05, 0) is 19.1 Å². The molecule has 0 aliphatic carbocycles. The van der Waals surface area contributed by atoms with E-state index in [0.717, 1.165) is 11.0 Å². The highest BCUT2D eigenvalue weighted by atomic mass is 16.5. The number of aromatic nitrogens is 2. The van der Waals surface area contributed by atoms with Gasteiger partial charge < -0.3 is 9.30 Å². The zero-order chi connectivity index (χ0) is 13.1. The minimum atomic E-state index is -0.604. The highest BCUT2D eigenvalue weighted by Gasteiger charge is 2.10. The van der Waals surface area contributed by atoms with Gasteiger partial charge >= 0.3 is 6.09 Å². The number of benzene rings is 1. The normalized spacial score (nSPS) is 11.6. The molecule has 0 saturated carbocycles. The van der Waals surface area contributed by atoms with Crippen molar-refractivity contribution in [2.45, 2.75) is 6.92 Å². The van der Waals surface area contributed by atoms with Gasteiger partial charge in [0.2, 0.25) is 0 Å². The number of nitrogens with zero attached hydrogens (tertiary/aromatic N) is 3. The Morgan fingerprint density at radius 1 is 1.44 bits per heavy atom. The topological polar surface area (TPSA) is 68.5 Å². The Hall–Kier alpha value is -2.37. The Morgan fingerprint density at radius 3 is 2.83 bits per heavy atom. The van der Waals surface area contributed by atoms with Crippen molar-refractivity contribution in [1.82, 2.24) is 15.0 Å². The van der Waals surface area contributed by atoms with Crippen LogP contribution in [-0.2, 0) is 11.8 Å². The lowest BCUT2D eigenvalue weighted by atomic mass is 10.3. The average molecular weight is 246 g/mol. The van der Waals surface area contributed by atoms with E-state index in [1.54, 1.807) is 6.92 Å². The summed E-state index contributed by atoms with van der Waals surface area (Å²) in [7, 11) is 3.19. The summed E-state index contributed by atoms with van der Waals surface area (Å²) >= 11 is 0. The molecular weight excluding hydrogens is 232 g/mol. The number of aryl methyl sites for hydroxylation is 1. The molecule has 1 aromatic heterocycles. The number of hydrogen-bond donors (Lipinski definition) is 1. The van der Waals surface area contributed by atoms with Crippen molar-refractivity contribution in [3.8, 4) is 0 Å². The average Bonchev–Trinajstić information content (AvgIpc) is 2.73. The van der Waals surface area contributed by atoms with Crippen LogP contribution >= 0.6 is 0 Å². The third kappa shape index (κ3) is 2.17. The molecule has 1 aromatic carbocycles. The maximum atomic E-state index is 10.9. The molecule has 94 valence electrons. The van der Waals surface area contributed by atoms with Crippen LogP contribution in [0.1, 0.15) is 12.7 Å². The molecule has 6 heteroatoms. The molecule has 1 amide bonds. The third-order valence-corrected chi connectivity index (χ3v) is 2.61. The molecule has 0 aliphatic rings. The van der Waals surface area contributed by atoms with Gasteiger partial charge in [-0.3, -0.25) is 0 Å². The van der Waals surface area contributed by atoms with Gasteiger partial charge in [0.05, 0.1) is 18.1 Å². The van der Waals surface area contributed by atoms with Crippen LogP contribution in [0.4, 0.5) is 4.79 Å². The Bertz CT molecular complexity index is 616. The molecule has 2 rings (SSSR count). The lowest BCUT2D eigenvalue weighted by molar-refractivity contribution is 0.171. The lowest BCUT2D eigenvalue weighted by Crippen LogP contribution is -2.19. The van der Waals surface area contributed by atoms with Crippen molar-refractivity contribution < 1.29 is 9.53 Å². The van der Waals surface area contributed by atoms with Gasteiger partial charge in [-0.15, -0.1) is 0 Å². The summed E-state index contributed by atoms with van der Waals surface area (Å²) in [6.45, 7) is 1.77. The van der Waals surface area contributed by atoms with Crippen molar-refractivity contribution in [1.29, 1.82) is 0 Å². The number of hydrazone groups is 1. The second-order valence-electron chi connectivity index (χ2n) is 3.78. The van der Waals surface area contributed by atoms with Crippen LogP contribution in [0.15, 0.2) is 29.4 Å². The molecular formula is C12H14N4O2. The second-order valence-corrected chi connectivity index (χ2v) is 3.78. The van der Waals surface area contributed by atoms with Gasteiger partial charge in [0.15, 0.2) is 5.82 Å². The van der Waals surface area contributed by atoms with Gasteiger partial charge in [-0.2, -0.15) is 5.10 Å². The molecule has 0 bridgehead atoms. The molecule has 18 heavy (non-hydrogen) atoms. The Balaban J connectivity index is 2.36. The van der Waals surface area contributed by atoms with Crippen molar-refractivity contribution in [3.63, 3.8) is 0 Å². The van der Waals surface area contributed by atoms with E-state index in [2.05, 4.69) is 20.2 Å². The smallest absolute Gasteiger partial charge is 0.427 e. The highest BCUT2D eigenvalue weighted by Crippen LogP contribution is 2.14. The summed E-state index contributed by atoms with van der Waals surface area (Å²) in [5.74, 6) is 0.701. The Kier molecular flexibility index (Phi) is 3.27. The number of fused-ring (bicyclic) bond motifs is 1. The fourth-order valence-electron chi connectivity index (χ4n) is 1.69. The first-order chi connectivity index (χ1) is 8.63. The van der Waals surface area contributed by atoms with E-state index < -0.39 is 6.09 Å². The van der Waals surface area contributed by atoms with E-state index in [4.69, 9.17) is 0 Å². The standard InChI is InChI=1S/C12H14N4O2/c1-8(14-15-12(17)18-3)11-13-9-6-4-5-7-10(9)16(11)2/h4-7H,1-3H3,(H,15,17)/b14-8+. The number of rotatable bonds is 2. The van der Waals surface area contributed by atoms with Gasteiger partial charge in [0.1, 0.15) is 5.71 Å². The fraction of sp³-hybridized carbons (Fsp3) is 0.250. The van der Waals surface area contributed by atoms with Crippen LogP contribution in [-0.4, -0.2) is 28.5 Å². The molecule has 0 radical (unpaired) electrons. The number of carbonyl (C=O) groups excluding carboxylic acids is 1. The zero-order valence-corrected chi connectivity index (χ0v) is 10.5. The minimum Gasteiger partial charge on any atom is -0.452 e. The summed E-state index contributed by atoms with van der Waals surface area (Å²) in [5, 5.41) is 3.93. The van der Waals surface area contributed by atoms with E-state index in [1.807, 2.05) is 35.9 Å². The maximum absolute atomic E-state index is 10.9. The van der Waals surface area contributed by atoms with E-state index >= 15 is 0 Å². The van der Waals surface area contributed by atoms with Crippen LogP contribution in [0.25, 0.3) is 11.0 Å². The van der Waals surface area contributed by atoms with Crippen molar-refractivity contribution in [2.24, 2.45) is 12.1 Å².